The standard InChI is InChI=1S/C57H46N2/c1-38-26-27-41(43-29-32-56-52(36-43)48-22-12-14-24-54(48)58(56)45-18-8-4-9-19-45)34-50(38)51-35-42(28-31-47(51)39(2)40-16-6-3-7-17-40)44-30-33-57-53(37-44)49-23-13-15-25-55(49)59(57)46-20-10-5-11-21-46/h3-20,22-37,39,46,52,56H,21H2,1-2H3. The molecule has 0 amide bonds. The van der Waals surface area contributed by atoms with Crippen molar-refractivity contribution < 1.29 is 0 Å². The highest BCUT2D eigenvalue weighted by atomic mass is 15.2. The third-order valence-electron chi connectivity index (χ3n) is 13.1. The minimum Gasteiger partial charge on any atom is -0.333 e. The van der Waals surface area contributed by atoms with Gasteiger partial charge in [0.2, 0.25) is 0 Å². The van der Waals surface area contributed by atoms with Crippen LogP contribution in [-0.2, 0) is 0 Å². The van der Waals surface area contributed by atoms with Crippen molar-refractivity contribution in [2.24, 2.45) is 0 Å². The number of rotatable bonds is 7. The van der Waals surface area contributed by atoms with Crippen molar-refractivity contribution in [1.29, 1.82) is 0 Å². The Labute approximate surface area is 347 Å². The molecule has 11 rings (SSSR count). The molecule has 4 atom stereocenters. The van der Waals surface area contributed by atoms with Crippen molar-refractivity contribution in [3.05, 3.63) is 234 Å². The van der Waals surface area contributed by atoms with E-state index in [1.165, 1.54) is 88.8 Å². The van der Waals surface area contributed by atoms with E-state index in [0.717, 1.165) is 6.42 Å². The molecule has 4 unspecified atom stereocenters. The first-order valence-corrected chi connectivity index (χ1v) is 21.1. The smallest absolute Gasteiger partial charge is 0.0630 e. The first-order valence-electron chi connectivity index (χ1n) is 21.1. The minimum atomic E-state index is 0.217. The molecular weight excluding hydrogens is 713 g/mol. The van der Waals surface area contributed by atoms with Gasteiger partial charge >= 0.3 is 0 Å². The van der Waals surface area contributed by atoms with Crippen LogP contribution < -0.4 is 4.90 Å². The number of anilines is 2. The zero-order valence-corrected chi connectivity index (χ0v) is 33.5. The molecule has 1 aromatic heterocycles. The molecule has 2 aliphatic carbocycles. The Morgan fingerprint density at radius 3 is 2.15 bits per heavy atom. The van der Waals surface area contributed by atoms with Gasteiger partial charge in [-0.05, 0) is 118 Å². The van der Waals surface area contributed by atoms with Crippen molar-refractivity contribution in [3.8, 4) is 22.3 Å². The number of hydrogen-bond donors (Lipinski definition) is 0. The number of para-hydroxylation sites is 3. The molecule has 284 valence electrons. The topological polar surface area (TPSA) is 8.17 Å². The van der Waals surface area contributed by atoms with Gasteiger partial charge in [0, 0.05) is 45.0 Å². The van der Waals surface area contributed by atoms with Gasteiger partial charge in [0.25, 0.3) is 0 Å². The zero-order valence-electron chi connectivity index (χ0n) is 33.5. The minimum absolute atomic E-state index is 0.217. The number of benzene rings is 7. The van der Waals surface area contributed by atoms with E-state index in [9.17, 15) is 0 Å². The summed E-state index contributed by atoms with van der Waals surface area (Å²) in [7, 11) is 0. The van der Waals surface area contributed by atoms with Crippen LogP contribution in [0, 0.1) is 6.92 Å². The number of aryl methyl sites for hydroxylation is 1. The molecular formula is C57H46N2. The summed E-state index contributed by atoms with van der Waals surface area (Å²) in [6.07, 6.45) is 17.2. The molecule has 2 heteroatoms. The summed E-state index contributed by atoms with van der Waals surface area (Å²) >= 11 is 0. The molecule has 3 aliphatic rings. The highest BCUT2D eigenvalue weighted by Crippen LogP contribution is 2.49. The Morgan fingerprint density at radius 1 is 0.593 bits per heavy atom. The molecule has 0 N–H and O–H groups in total. The largest absolute Gasteiger partial charge is 0.333 e. The Balaban J connectivity index is 1.03. The molecule has 0 bridgehead atoms. The SMILES string of the molecule is Cc1ccc(C2=CC3c4ccccc4N(c4ccccc4)C3C=C2)cc1-c1cc(-c2ccc3c(c2)c2ccccc2n3C2C=CC=CC2)ccc1C(C)c1ccccc1. The summed E-state index contributed by atoms with van der Waals surface area (Å²) in [4.78, 5) is 2.51. The summed E-state index contributed by atoms with van der Waals surface area (Å²) in [6, 6.07) is 61.5. The van der Waals surface area contributed by atoms with Crippen LogP contribution >= 0.6 is 0 Å². The van der Waals surface area contributed by atoms with Gasteiger partial charge in [-0.15, -0.1) is 0 Å². The molecule has 7 aromatic carbocycles. The maximum Gasteiger partial charge on any atom is 0.0630 e. The van der Waals surface area contributed by atoms with Crippen LogP contribution in [0.4, 0.5) is 11.4 Å². The van der Waals surface area contributed by atoms with Crippen molar-refractivity contribution in [1.82, 2.24) is 4.57 Å². The van der Waals surface area contributed by atoms with E-state index >= 15 is 0 Å². The van der Waals surface area contributed by atoms with Gasteiger partial charge in [-0.25, -0.2) is 0 Å². The fourth-order valence-corrected chi connectivity index (χ4v) is 10.1. The summed E-state index contributed by atoms with van der Waals surface area (Å²) in [5, 5.41) is 2.61. The predicted molar refractivity (Wildman–Crippen MR) is 250 cm³/mol. The van der Waals surface area contributed by atoms with Gasteiger partial charge in [0.15, 0.2) is 0 Å². The Kier molecular flexibility index (Phi) is 8.66. The van der Waals surface area contributed by atoms with E-state index in [4.69, 9.17) is 0 Å². The highest BCUT2D eigenvalue weighted by Gasteiger charge is 2.38. The van der Waals surface area contributed by atoms with E-state index in [1.807, 2.05) is 0 Å². The van der Waals surface area contributed by atoms with Crippen molar-refractivity contribution in [3.63, 3.8) is 0 Å². The molecule has 59 heavy (non-hydrogen) atoms. The number of aromatic nitrogens is 1. The number of hydrogen-bond acceptors (Lipinski definition) is 1. The summed E-state index contributed by atoms with van der Waals surface area (Å²) in [5.41, 5.74) is 18.0. The van der Waals surface area contributed by atoms with Crippen molar-refractivity contribution in [2.75, 3.05) is 4.90 Å². The fraction of sp³-hybridized carbons (Fsp3) is 0.123. The highest BCUT2D eigenvalue weighted by molar-refractivity contribution is 6.09. The second-order valence-electron chi connectivity index (χ2n) is 16.5. The number of fused-ring (bicyclic) bond motifs is 6. The second-order valence-corrected chi connectivity index (χ2v) is 16.5. The van der Waals surface area contributed by atoms with Gasteiger partial charge in [-0.1, -0.05) is 165 Å². The molecule has 0 saturated heterocycles. The monoisotopic (exact) mass is 758 g/mol. The lowest BCUT2D eigenvalue weighted by molar-refractivity contribution is 0.648. The molecule has 0 fully saturated rings. The maximum atomic E-state index is 2.53. The van der Waals surface area contributed by atoms with Gasteiger partial charge in [-0.2, -0.15) is 0 Å². The Bertz CT molecular complexity index is 3010. The average Bonchev–Trinajstić information content (AvgIpc) is 3.82. The van der Waals surface area contributed by atoms with Crippen LogP contribution in [0.1, 0.15) is 59.0 Å². The lowest BCUT2D eigenvalue weighted by atomic mass is 9.82. The summed E-state index contributed by atoms with van der Waals surface area (Å²) in [6.45, 7) is 4.62. The molecule has 0 saturated carbocycles. The van der Waals surface area contributed by atoms with Gasteiger partial charge in [-0.3, -0.25) is 0 Å². The Hall–Kier alpha value is -6.90. The summed E-state index contributed by atoms with van der Waals surface area (Å²) < 4.78 is 2.53. The molecule has 2 nitrogen and oxygen atoms in total. The van der Waals surface area contributed by atoms with Gasteiger partial charge in [0.05, 0.1) is 12.1 Å². The lowest BCUT2D eigenvalue weighted by Crippen LogP contribution is -2.28. The molecule has 1 aliphatic heterocycles. The van der Waals surface area contributed by atoms with E-state index in [-0.39, 0.29) is 17.9 Å². The number of allylic oxidation sites excluding steroid dienone is 6. The third kappa shape index (κ3) is 6.02. The van der Waals surface area contributed by atoms with E-state index in [1.54, 1.807) is 0 Å². The van der Waals surface area contributed by atoms with Crippen LogP contribution in [0.25, 0.3) is 49.6 Å². The normalized spacial score (nSPS) is 18.6. The van der Waals surface area contributed by atoms with Crippen LogP contribution in [-0.4, -0.2) is 10.6 Å². The molecule has 0 spiro atoms. The van der Waals surface area contributed by atoms with Crippen LogP contribution in [0.5, 0.6) is 0 Å². The first-order chi connectivity index (χ1) is 29.1. The Morgan fingerprint density at radius 2 is 1.31 bits per heavy atom. The lowest BCUT2D eigenvalue weighted by Gasteiger charge is -2.30. The third-order valence-corrected chi connectivity index (χ3v) is 13.1. The van der Waals surface area contributed by atoms with Crippen molar-refractivity contribution in [2.45, 2.75) is 44.2 Å². The van der Waals surface area contributed by atoms with Crippen LogP contribution in [0.15, 0.2) is 206 Å². The fourth-order valence-electron chi connectivity index (χ4n) is 10.1. The predicted octanol–water partition coefficient (Wildman–Crippen LogP) is 14.9. The van der Waals surface area contributed by atoms with Crippen LogP contribution in [0.2, 0.25) is 0 Å². The number of nitrogens with zero attached hydrogens (tertiary/aromatic N) is 2. The zero-order chi connectivity index (χ0) is 39.5. The average molecular weight is 759 g/mol. The van der Waals surface area contributed by atoms with Gasteiger partial charge < -0.3 is 9.47 Å². The van der Waals surface area contributed by atoms with Crippen molar-refractivity contribution >= 4 is 38.8 Å². The summed E-state index contributed by atoms with van der Waals surface area (Å²) in [5.74, 6) is 0.481. The molecule has 8 aromatic rings. The van der Waals surface area contributed by atoms with Crippen LogP contribution in [0.3, 0.4) is 0 Å². The van der Waals surface area contributed by atoms with E-state index < -0.39 is 0 Å². The molecule has 2 heterocycles. The molecule has 0 radical (unpaired) electrons. The van der Waals surface area contributed by atoms with Gasteiger partial charge in [0.1, 0.15) is 0 Å². The quantitative estimate of drug-likeness (QED) is 0.157. The second kappa shape index (κ2) is 14.5. The van der Waals surface area contributed by atoms with E-state index in [2.05, 4.69) is 230 Å². The maximum absolute atomic E-state index is 2.53. The first kappa shape index (κ1) is 35.3. The van der Waals surface area contributed by atoms with E-state index in [0.29, 0.717) is 6.04 Å².